The lowest BCUT2D eigenvalue weighted by Gasteiger charge is -2.34. The van der Waals surface area contributed by atoms with E-state index in [1.54, 1.807) is 0 Å². The highest BCUT2D eigenvalue weighted by Crippen LogP contribution is 2.37. The second-order valence-electron chi connectivity index (χ2n) is 6.66. The van der Waals surface area contributed by atoms with Gasteiger partial charge in [-0.2, -0.15) is 0 Å². The van der Waals surface area contributed by atoms with Gasteiger partial charge >= 0.3 is 0 Å². The Bertz CT molecular complexity index is 759. The van der Waals surface area contributed by atoms with Gasteiger partial charge in [0.25, 0.3) is 0 Å². The second-order valence-corrected chi connectivity index (χ2v) is 6.66. The zero-order valence-corrected chi connectivity index (χ0v) is 14.5. The lowest BCUT2D eigenvalue weighted by molar-refractivity contribution is -0.130. The molecule has 1 aliphatic heterocycles. The molecular formula is C19H23ClN2O2. The molecule has 1 amide bonds. The highest BCUT2D eigenvalue weighted by atomic mass is 35.5. The molecule has 2 aliphatic rings. The summed E-state index contributed by atoms with van der Waals surface area (Å²) >= 11 is 0. The molecule has 3 N–H and O–H groups in total. The maximum Gasteiger partial charge on any atom is 0.232 e. The Kier molecular flexibility index (Phi) is 4.81. The van der Waals surface area contributed by atoms with Crippen molar-refractivity contribution in [3.05, 3.63) is 41.5 Å². The molecule has 0 bridgehead atoms. The Labute approximate surface area is 148 Å². The topological polar surface area (TPSA) is 64.4 Å². The molecule has 0 aromatic heterocycles. The van der Waals surface area contributed by atoms with Crippen molar-refractivity contribution in [2.24, 2.45) is 11.1 Å². The first-order chi connectivity index (χ1) is 11.2. The summed E-state index contributed by atoms with van der Waals surface area (Å²) in [5.74, 6) is 0.0296. The van der Waals surface area contributed by atoms with Gasteiger partial charge in [-0.05, 0) is 48.3 Å². The van der Waals surface area contributed by atoms with Crippen LogP contribution in [0.4, 0.5) is 5.69 Å². The van der Waals surface area contributed by atoms with Gasteiger partial charge in [-0.3, -0.25) is 4.79 Å². The highest BCUT2D eigenvalue weighted by molar-refractivity contribution is 6.06. The minimum absolute atomic E-state index is 0. The minimum Gasteiger partial charge on any atom is -0.381 e. The van der Waals surface area contributed by atoms with Crippen molar-refractivity contribution in [1.29, 1.82) is 0 Å². The number of benzene rings is 2. The Morgan fingerprint density at radius 3 is 2.54 bits per heavy atom. The average Bonchev–Trinajstić information content (AvgIpc) is 3.03. The fraction of sp³-hybridized carbons (Fsp3) is 0.421. The van der Waals surface area contributed by atoms with Crippen molar-refractivity contribution in [3.63, 3.8) is 0 Å². The molecule has 0 unspecified atom stereocenters. The van der Waals surface area contributed by atoms with Crippen LogP contribution < -0.4 is 11.1 Å². The van der Waals surface area contributed by atoms with E-state index in [1.807, 2.05) is 6.07 Å². The molecule has 1 heterocycles. The molecule has 4 rings (SSSR count). The molecule has 1 aliphatic carbocycles. The Morgan fingerprint density at radius 1 is 1.12 bits per heavy atom. The van der Waals surface area contributed by atoms with Crippen molar-refractivity contribution in [1.82, 2.24) is 0 Å². The lowest BCUT2D eigenvalue weighted by atomic mass is 9.79. The first kappa shape index (κ1) is 17.2. The van der Waals surface area contributed by atoms with Crippen LogP contribution in [0.15, 0.2) is 30.3 Å². The van der Waals surface area contributed by atoms with Crippen LogP contribution in [0.1, 0.15) is 24.0 Å². The molecule has 0 spiro atoms. The van der Waals surface area contributed by atoms with Crippen LogP contribution in [0.5, 0.6) is 0 Å². The molecule has 1 saturated heterocycles. The van der Waals surface area contributed by atoms with E-state index in [-0.39, 0.29) is 18.3 Å². The first-order valence-corrected chi connectivity index (χ1v) is 8.36. The number of nitrogens with one attached hydrogen (secondary N) is 1. The number of hydrogen-bond acceptors (Lipinski definition) is 3. The summed E-state index contributed by atoms with van der Waals surface area (Å²) in [5, 5.41) is 5.62. The van der Waals surface area contributed by atoms with Gasteiger partial charge < -0.3 is 15.8 Å². The number of hydrogen-bond donors (Lipinski definition) is 2. The molecule has 2 aromatic carbocycles. The minimum atomic E-state index is -0.499. The van der Waals surface area contributed by atoms with Crippen LogP contribution in [0.25, 0.3) is 10.8 Å². The summed E-state index contributed by atoms with van der Waals surface area (Å²) in [4.78, 5) is 12.9. The molecule has 5 heteroatoms. The van der Waals surface area contributed by atoms with Crippen molar-refractivity contribution in [2.75, 3.05) is 25.1 Å². The van der Waals surface area contributed by atoms with Crippen LogP contribution >= 0.6 is 12.4 Å². The van der Waals surface area contributed by atoms with Gasteiger partial charge in [-0.1, -0.05) is 24.3 Å². The summed E-state index contributed by atoms with van der Waals surface area (Å²) in [6.07, 6.45) is 3.56. The number of rotatable bonds is 3. The summed E-state index contributed by atoms with van der Waals surface area (Å²) in [6, 6.07) is 10.5. The van der Waals surface area contributed by atoms with Crippen molar-refractivity contribution >= 4 is 34.8 Å². The van der Waals surface area contributed by atoms with E-state index in [0.717, 1.165) is 23.9 Å². The number of carbonyl (C=O) groups is 1. The number of amides is 1. The summed E-state index contributed by atoms with van der Waals surface area (Å²) in [6.45, 7) is 1.58. The van der Waals surface area contributed by atoms with E-state index in [9.17, 15) is 4.79 Å². The van der Waals surface area contributed by atoms with E-state index in [4.69, 9.17) is 10.5 Å². The SMILES string of the molecule is Cl.NCC1(C(=O)Nc2ccc3c4c(cccc24)CC3)CCOCC1. The number of anilines is 1. The number of halogens is 1. The van der Waals surface area contributed by atoms with Gasteiger partial charge in [0.05, 0.1) is 5.41 Å². The molecule has 4 nitrogen and oxygen atoms in total. The standard InChI is InChI=1S/C19H22N2O2.ClH/c20-12-19(8-10-23-11-9-19)18(22)21-16-7-6-14-5-4-13-2-1-3-15(16)17(13)14;/h1-3,6-7H,4-5,8-12,20H2,(H,21,22);1H. The number of nitrogens with two attached hydrogens (primary N) is 1. The van der Waals surface area contributed by atoms with Crippen molar-refractivity contribution < 1.29 is 9.53 Å². The third-order valence-corrected chi connectivity index (χ3v) is 5.45. The average molecular weight is 347 g/mol. The maximum atomic E-state index is 12.9. The van der Waals surface area contributed by atoms with E-state index < -0.39 is 5.41 Å². The third kappa shape index (κ3) is 2.69. The summed E-state index contributed by atoms with van der Waals surface area (Å²) < 4.78 is 5.40. The fourth-order valence-electron chi connectivity index (χ4n) is 3.90. The Morgan fingerprint density at radius 2 is 1.83 bits per heavy atom. The Hall–Kier alpha value is -1.62. The van der Waals surface area contributed by atoms with E-state index in [0.29, 0.717) is 32.6 Å². The predicted molar refractivity (Wildman–Crippen MR) is 98.8 cm³/mol. The van der Waals surface area contributed by atoms with Crippen LogP contribution in [-0.4, -0.2) is 25.7 Å². The maximum absolute atomic E-state index is 12.9. The van der Waals surface area contributed by atoms with Crippen molar-refractivity contribution in [3.8, 4) is 0 Å². The molecule has 0 saturated carbocycles. The van der Waals surface area contributed by atoms with Gasteiger partial charge in [0.2, 0.25) is 5.91 Å². The first-order valence-electron chi connectivity index (χ1n) is 8.36. The Balaban J connectivity index is 0.00000169. The molecule has 24 heavy (non-hydrogen) atoms. The third-order valence-electron chi connectivity index (χ3n) is 5.45. The fourth-order valence-corrected chi connectivity index (χ4v) is 3.90. The zero-order valence-electron chi connectivity index (χ0n) is 13.6. The number of carbonyl (C=O) groups excluding carboxylic acids is 1. The van der Waals surface area contributed by atoms with Gasteiger partial charge in [0.1, 0.15) is 0 Å². The molecule has 128 valence electrons. The molecule has 0 radical (unpaired) electrons. The highest BCUT2D eigenvalue weighted by Gasteiger charge is 2.39. The molecule has 0 atom stereocenters. The van der Waals surface area contributed by atoms with Gasteiger partial charge in [0.15, 0.2) is 0 Å². The summed E-state index contributed by atoms with van der Waals surface area (Å²) in [5.41, 5.74) is 9.11. The van der Waals surface area contributed by atoms with E-state index >= 15 is 0 Å². The smallest absolute Gasteiger partial charge is 0.232 e. The quantitative estimate of drug-likeness (QED) is 0.897. The summed E-state index contributed by atoms with van der Waals surface area (Å²) in [7, 11) is 0. The normalized spacial score (nSPS) is 18.2. The van der Waals surface area contributed by atoms with Gasteiger partial charge in [0, 0.05) is 30.8 Å². The predicted octanol–water partition coefficient (Wildman–Crippen LogP) is 3.05. The van der Waals surface area contributed by atoms with Crippen LogP contribution in [0, 0.1) is 5.41 Å². The molecule has 2 aromatic rings. The van der Waals surface area contributed by atoms with E-state index in [2.05, 4.69) is 29.6 Å². The molecule has 1 fully saturated rings. The van der Waals surface area contributed by atoms with Crippen LogP contribution in [0.2, 0.25) is 0 Å². The van der Waals surface area contributed by atoms with Crippen LogP contribution in [-0.2, 0) is 22.4 Å². The van der Waals surface area contributed by atoms with E-state index in [1.165, 1.54) is 16.5 Å². The largest absolute Gasteiger partial charge is 0.381 e. The van der Waals surface area contributed by atoms with Gasteiger partial charge in [-0.25, -0.2) is 0 Å². The molecular weight excluding hydrogens is 324 g/mol. The van der Waals surface area contributed by atoms with Crippen LogP contribution in [0.3, 0.4) is 0 Å². The number of aryl methyl sites for hydroxylation is 2. The number of ether oxygens (including phenoxy) is 1. The van der Waals surface area contributed by atoms with Crippen molar-refractivity contribution in [2.45, 2.75) is 25.7 Å². The zero-order chi connectivity index (χ0) is 15.9. The lowest BCUT2D eigenvalue weighted by Crippen LogP contribution is -2.46. The van der Waals surface area contributed by atoms with Gasteiger partial charge in [-0.15, -0.1) is 12.4 Å². The second kappa shape index (κ2) is 6.71. The monoisotopic (exact) mass is 346 g/mol.